The van der Waals surface area contributed by atoms with Crippen molar-refractivity contribution in [1.29, 1.82) is 0 Å². The van der Waals surface area contributed by atoms with Crippen molar-refractivity contribution in [2.75, 3.05) is 0 Å². The van der Waals surface area contributed by atoms with E-state index in [1.165, 1.54) is 0 Å². The predicted octanol–water partition coefficient (Wildman–Crippen LogP) is 2.99. The van der Waals surface area contributed by atoms with E-state index in [0.29, 0.717) is 6.04 Å². The molecule has 1 nitrogen and oxygen atoms in total. The molecule has 0 aromatic heterocycles. The number of hydrogen-bond acceptors (Lipinski definition) is 1. The van der Waals surface area contributed by atoms with Crippen LogP contribution >= 0.6 is 0 Å². The van der Waals surface area contributed by atoms with E-state index >= 15 is 0 Å². The van der Waals surface area contributed by atoms with Crippen LogP contribution in [0.5, 0.6) is 0 Å². The highest BCUT2D eigenvalue weighted by Gasteiger charge is 1.92. The summed E-state index contributed by atoms with van der Waals surface area (Å²) >= 11 is 0. The van der Waals surface area contributed by atoms with Gasteiger partial charge in [-0.25, -0.2) is 0 Å². The van der Waals surface area contributed by atoms with E-state index in [4.69, 9.17) is 0 Å². The molecule has 1 heteroatoms. The van der Waals surface area contributed by atoms with Crippen LogP contribution < -0.4 is 0 Å². The monoisotopic (exact) mass is 151 g/mol. The quantitative estimate of drug-likeness (QED) is 0.432. The van der Waals surface area contributed by atoms with Crippen molar-refractivity contribution in [3.8, 4) is 0 Å². The molecule has 0 heterocycles. The maximum absolute atomic E-state index is 4.42. The van der Waals surface area contributed by atoms with Crippen LogP contribution in [0.4, 0.5) is 0 Å². The molecule has 0 aliphatic heterocycles. The van der Waals surface area contributed by atoms with Gasteiger partial charge < -0.3 is 0 Å². The van der Waals surface area contributed by atoms with Crippen molar-refractivity contribution < 1.29 is 0 Å². The van der Waals surface area contributed by atoms with Gasteiger partial charge in [-0.15, -0.1) is 0 Å². The molecule has 1 atom stereocenters. The minimum absolute atomic E-state index is 0.435. The zero-order valence-corrected chi connectivity index (χ0v) is 7.67. The molecule has 0 saturated heterocycles. The molecule has 0 amide bonds. The van der Waals surface area contributed by atoms with E-state index in [1.807, 2.05) is 19.1 Å². The Bertz CT molecular complexity index is 166. The highest BCUT2D eigenvalue weighted by atomic mass is 14.8. The average Bonchev–Trinajstić information content (AvgIpc) is 2.00. The third-order valence-electron chi connectivity index (χ3n) is 1.49. The molecule has 0 fully saturated rings. The van der Waals surface area contributed by atoms with E-state index in [-0.39, 0.29) is 0 Å². The van der Waals surface area contributed by atoms with Crippen LogP contribution in [0.2, 0.25) is 0 Å². The summed E-state index contributed by atoms with van der Waals surface area (Å²) in [6.45, 7) is 9.85. The summed E-state index contributed by atoms with van der Waals surface area (Å²) in [7, 11) is 0. The lowest BCUT2D eigenvalue weighted by Crippen LogP contribution is -1.98. The molecule has 0 bridgehead atoms. The van der Waals surface area contributed by atoms with E-state index in [0.717, 1.165) is 12.1 Å². The van der Waals surface area contributed by atoms with Gasteiger partial charge in [0.05, 0.1) is 0 Å². The molecule has 1 unspecified atom stereocenters. The molecule has 0 spiro atoms. The van der Waals surface area contributed by atoms with Gasteiger partial charge in [0, 0.05) is 11.8 Å². The standard InChI is InChI=1S/C10H17N/c1-5-7-8-10(4)11-9(3)6-2/h5,7-9H,1,6H2,2-4H3/b8-7-,11-10?. The maximum atomic E-state index is 4.42. The average molecular weight is 151 g/mol. The first-order valence-corrected chi connectivity index (χ1v) is 4.04. The molecule has 0 aliphatic carbocycles. The number of aliphatic imine (C=N–C) groups is 1. The van der Waals surface area contributed by atoms with Crippen molar-refractivity contribution in [3.05, 3.63) is 24.8 Å². The first-order valence-electron chi connectivity index (χ1n) is 4.04. The van der Waals surface area contributed by atoms with E-state index in [2.05, 4.69) is 25.4 Å². The minimum Gasteiger partial charge on any atom is -0.287 e. The lowest BCUT2D eigenvalue weighted by Gasteiger charge is -2.00. The predicted molar refractivity (Wildman–Crippen MR) is 52.2 cm³/mol. The van der Waals surface area contributed by atoms with Crippen LogP contribution in [0.25, 0.3) is 0 Å². The second kappa shape index (κ2) is 5.90. The zero-order chi connectivity index (χ0) is 8.69. The van der Waals surface area contributed by atoms with Gasteiger partial charge in [-0.2, -0.15) is 0 Å². The molecule has 0 saturated carbocycles. The van der Waals surface area contributed by atoms with Gasteiger partial charge in [0.1, 0.15) is 0 Å². The summed E-state index contributed by atoms with van der Waals surface area (Å²) in [5, 5.41) is 0. The van der Waals surface area contributed by atoms with Crippen LogP contribution in [0.3, 0.4) is 0 Å². The molecule has 0 aliphatic rings. The maximum Gasteiger partial charge on any atom is 0.0472 e. The Kier molecular flexibility index (Phi) is 5.44. The Morgan fingerprint density at radius 1 is 1.64 bits per heavy atom. The third-order valence-corrected chi connectivity index (χ3v) is 1.49. The molecule has 62 valence electrons. The van der Waals surface area contributed by atoms with Crippen LogP contribution in [0.15, 0.2) is 29.8 Å². The van der Waals surface area contributed by atoms with Crippen LogP contribution in [-0.4, -0.2) is 11.8 Å². The second-order valence-electron chi connectivity index (χ2n) is 2.62. The molecular formula is C10H17N. The lowest BCUT2D eigenvalue weighted by molar-refractivity contribution is 0.717. The van der Waals surface area contributed by atoms with Gasteiger partial charge in [0.2, 0.25) is 0 Å². The van der Waals surface area contributed by atoms with E-state index in [1.54, 1.807) is 6.08 Å². The first-order chi connectivity index (χ1) is 5.20. The largest absolute Gasteiger partial charge is 0.287 e. The van der Waals surface area contributed by atoms with Crippen molar-refractivity contribution in [2.45, 2.75) is 33.2 Å². The summed E-state index contributed by atoms with van der Waals surface area (Å²) in [6, 6.07) is 0.435. The van der Waals surface area contributed by atoms with Gasteiger partial charge in [-0.05, 0) is 26.3 Å². The van der Waals surface area contributed by atoms with Gasteiger partial charge >= 0.3 is 0 Å². The smallest absolute Gasteiger partial charge is 0.0472 e. The van der Waals surface area contributed by atoms with Gasteiger partial charge in [-0.3, -0.25) is 4.99 Å². The Labute approximate surface area is 69.5 Å². The summed E-state index contributed by atoms with van der Waals surface area (Å²) < 4.78 is 0. The highest BCUT2D eigenvalue weighted by Crippen LogP contribution is 1.96. The zero-order valence-electron chi connectivity index (χ0n) is 7.67. The summed E-state index contributed by atoms with van der Waals surface area (Å²) in [4.78, 5) is 4.42. The molecule has 11 heavy (non-hydrogen) atoms. The Morgan fingerprint density at radius 3 is 2.73 bits per heavy atom. The SMILES string of the molecule is C=C/C=C\C(C)=NC(C)CC. The number of nitrogens with zero attached hydrogens (tertiary/aromatic N) is 1. The summed E-state index contributed by atoms with van der Waals surface area (Å²) in [5.74, 6) is 0. The summed E-state index contributed by atoms with van der Waals surface area (Å²) in [5.41, 5.74) is 1.07. The number of hydrogen-bond donors (Lipinski definition) is 0. The van der Waals surface area contributed by atoms with Crippen molar-refractivity contribution in [3.63, 3.8) is 0 Å². The summed E-state index contributed by atoms with van der Waals surface area (Å²) in [6.07, 6.45) is 6.73. The fourth-order valence-electron chi connectivity index (χ4n) is 0.689. The molecule has 0 rings (SSSR count). The third kappa shape index (κ3) is 5.59. The molecule has 0 aromatic rings. The van der Waals surface area contributed by atoms with Gasteiger partial charge in [-0.1, -0.05) is 25.7 Å². The van der Waals surface area contributed by atoms with Gasteiger partial charge in [0.25, 0.3) is 0 Å². The first kappa shape index (κ1) is 10.2. The molecular weight excluding hydrogens is 134 g/mol. The topological polar surface area (TPSA) is 12.4 Å². The number of rotatable bonds is 4. The molecule has 0 aromatic carbocycles. The lowest BCUT2D eigenvalue weighted by atomic mass is 10.2. The van der Waals surface area contributed by atoms with Crippen molar-refractivity contribution >= 4 is 5.71 Å². The Balaban J connectivity index is 3.98. The Morgan fingerprint density at radius 2 is 2.27 bits per heavy atom. The minimum atomic E-state index is 0.435. The molecule has 0 radical (unpaired) electrons. The van der Waals surface area contributed by atoms with E-state index < -0.39 is 0 Å². The highest BCUT2D eigenvalue weighted by molar-refractivity contribution is 5.93. The second-order valence-corrected chi connectivity index (χ2v) is 2.62. The fraction of sp³-hybridized carbons (Fsp3) is 0.500. The number of allylic oxidation sites excluding steroid dienone is 3. The van der Waals surface area contributed by atoms with Crippen LogP contribution in [-0.2, 0) is 0 Å². The van der Waals surface area contributed by atoms with Gasteiger partial charge in [0.15, 0.2) is 0 Å². The van der Waals surface area contributed by atoms with Crippen molar-refractivity contribution in [2.24, 2.45) is 4.99 Å². The normalized spacial score (nSPS) is 15.4. The molecule has 0 N–H and O–H groups in total. The fourth-order valence-corrected chi connectivity index (χ4v) is 0.689. The Hall–Kier alpha value is -0.850. The van der Waals surface area contributed by atoms with E-state index in [9.17, 15) is 0 Å². The van der Waals surface area contributed by atoms with Crippen LogP contribution in [0.1, 0.15) is 27.2 Å². The van der Waals surface area contributed by atoms with Crippen molar-refractivity contribution in [1.82, 2.24) is 0 Å². The van der Waals surface area contributed by atoms with Crippen LogP contribution in [0, 0.1) is 0 Å².